The third-order valence-electron chi connectivity index (χ3n) is 3.01. The van der Waals surface area contributed by atoms with Crippen LogP contribution in [0, 0.1) is 6.92 Å². The Morgan fingerprint density at radius 1 is 1.47 bits per heavy atom. The van der Waals surface area contributed by atoms with E-state index in [1.807, 2.05) is 25.3 Å². The maximum atomic E-state index is 6.06. The molecule has 3 N–H and O–H groups in total. The average molecular weight is 296 g/mol. The number of nitrogens with one attached hydrogen (secondary N) is 1. The first-order valence-electron chi connectivity index (χ1n) is 6.28. The van der Waals surface area contributed by atoms with Crippen LogP contribution in [0.3, 0.4) is 0 Å². The van der Waals surface area contributed by atoms with Gasteiger partial charge >= 0.3 is 0 Å². The molecular weight excluding hydrogens is 278 g/mol. The Hall–Kier alpha value is -1.26. The second-order valence-corrected chi connectivity index (χ2v) is 6.13. The molecule has 0 aliphatic heterocycles. The number of anilines is 2. The van der Waals surface area contributed by atoms with E-state index in [-0.39, 0.29) is 6.04 Å². The molecule has 0 bridgehead atoms. The molecule has 0 radical (unpaired) electrons. The second-order valence-electron chi connectivity index (χ2n) is 4.57. The monoisotopic (exact) mass is 295 g/mol. The molecule has 5 heteroatoms. The molecule has 19 heavy (non-hydrogen) atoms. The zero-order valence-electron chi connectivity index (χ0n) is 11.3. The van der Waals surface area contributed by atoms with Crippen molar-refractivity contribution >= 4 is 34.3 Å². The number of benzene rings is 1. The number of aryl methyl sites for hydroxylation is 2. The fraction of sp³-hybridized carbons (Fsp3) is 0.357. The van der Waals surface area contributed by atoms with Crippen molar-refractivity contribution in [1.82, 2.24) is 4.98 Å². The molecule has 0 fully saturated rings. The lowest BCUT2D eigenvalue weighted by atomic mass is 10.1. The summed E-state index contributed by atoms with van der Waals surface area (Å²) in [5.74, 6) is 0. The number of thiazole rings is 1. The van der Waals surface area contributed by atoms with E-state index in [1.54, 1.807) is 11.3 Å². The van der Waals surface area contributed by atoms with Crippen LogP contribution in [-0.4, -0.2) is 4.98 Å². The molecule has 2 rings (SSSR count). The molecule has 1 unspecified atom stereocenters. The van der Waals surface area contributed by atoms with Gasteiger partial charge in [0.05, 0.1) is 16.8 Å². The Kier molecular flexibility index (Phi) is 4.32. The maximum Gasteiger partial charge on any atom is 0.115 e. The Morgan fingerprint density at radius 2 is 2.21 bits per heavy atom. The van der Waals surface area contributed by atoms with Crippen LogP contribution in [0.25, 0.3) is 0 Å². The minimum Gasteiger partial charge on any atom is -0.398 e. The number of hydrogen-bond acceptors (Lipinski definition) is 4. The molecule has 102 valence electrons. The summed E-state index contributed by atoms with van der Waals surface area (Å²) in [5, 5.41) is 5.10. The lowest BCUT2D eigenvalue weighted by Gasteiger charge is -2.16. The van der Waals surface area contributed by atoms with Crippen molar-refractivity contribution in [2.45, 2.75) is 33.2 Å². The molecule has 1 aromatic carbocycles. The Morgan fingerprint density at radius 3 is 2.84 bits per heavy atom. The summed E-state index contributed by atoms with van der Waals surface area (Å²) in [4.78, 5) is 5.75. The third-order valence-corrected chi connectivity index (χ3v) is 4.66. The summed E-state index contributed by atoms with van der Waals surface area (Å²) in [5.41, 5.74) is 8.48. The van der Waals surface area contributed by atoms with Gasteiger partial charge in [-0.1, -0.05) is 18.5 Å². The van der Waals surface area contributed by atoms with Crippen LogP contribution in [0.1, 0.15) is 35.3 Å². The fourth-order valence-corrected chi connectivity index (χ4v) is 2.86. The average Bonchev–Trinajstić information content (AvgIpc) is 2.84. The standard InChI is InChI=1S/C14H18ClN3S/c1-4-10-7-17-14(19-10)9(3)18-13-6-11(15)12(16)5-8(13)2/h5-7,9,18H,4,16H2,1-3H3. The van der Waals surface area contributed by atoms with Gasteiger partial charge < -0.3 is 11.1 Å². The fourth-order valence-electron chi connectivity index (χ4n) is 1.84. The van der Waals surface area contributed by atoms with Gasteiger partial charge in [-0.2, -0.15) is 0 Å². The Balaban J connectivity index is 2.18. The summed E-state index contributed by atoms with van der Waals surface area (Å²) in [6, 6.07) is 3.91. The van der Waals surface area contributed by atoms with Crippen LogP contribution in [0.15, 0.2) is 18.3 Å². The van der Waals surface area contributed by atoms with E-state index in [0.717, 1.165) is 22.7 Å². The first kappa shape index (κ1) is 14.2. The van der Waals surface area contributed by atoms with Crippen LogP contribution in [0.4, 0.5) is 11.4 Å². The highest BCUT2D eigenvalue weighted by molar-refractivity contribution is 7.11. The minimum absolute atomic E-state index is 0.156. The molecule has 0 saturated heterocycles. The predicted octanol–water partition coefficient (Wildman–Crippen LogP) is 4.42. The highest BCUT2D eigenvalue weighted by Crippen LogP contribution is 2.30. The predicted molar refractivity (Wildman–Crippen MR) is 84.1 cm³/mol. The Labute approximate surface area is 122 Å². The van der Waals surface area contributed by atoms with Gasteiger partial charge in [-0.05, 0) is 38.0 Å². The highest BCUT2D eigenvalue weighted by atomic mass is 35.5. The second kappa shape index (κ2) is 5.80. The van der Waals surface area contributed by atoms with Gasteiger partial charge in [0.25, 0.3) is 0 Å². The van der Waals surface area contributed by atoms with Crippen molar-refractivity contribution in [3.05, 3.63) is 38.8 Å². The first-order valence-corrected chi connectivity index (χ1v) is 7.47. The molecule has 3 nitrogen and oxygen atoms in total. The van der Waals surface area contributed by atoms with Gasteiger partial charge in [0.15, 0.2) is 0 Å². The zero-order valence-corrected chi connectivity index (χ0v) is 12.9. The first-order chi connectivity index (χ1) is 9.01. The van der Waals surface area contributed by atoms with Crippen molar-refractivity contribution in [3.8, 4) is 0 Å². The van der Waals surface area contributed by atoms with Crippen molar-refractivity contribution in [2.75, 3.05) is 11.1 Å². The van der Waals surface area contributed by atoms with Gasteiger partial charge in [0, 0.05) is 16.8 Å². The summed E-state index contributed by atoms with van der Waals surface area (Å²) in [7, 11) is 0. The quantitative estimate of drug-likeness (QED) is 0.821. The van der Waals surface area contributed by atoms with E-state index in [4.69, 9.17) is 17.3 Å². The molecule has 0 aliphatic carbocycles. The normalized spacial score (nSPS) is 12.4. The maximum absolute atomic E-state index is 6.06. The van der Waals surface area contributed by atoms with Crippen molar-refractivity contribution in [3.63, 3.8) is 0 Å². The number of aromatic nitrogens is 1. The highest BCUT2D eigenvalue weighted by Gasteiger charge is 2.12. The molecule has 2 aromatic rings. The van der Waals surface area contributed by atoms with Gasteiger partial charge in [0.1, 0.15) is 5.01 Å². The third kappa shape index (κ3) is 3.19. The lowest BCUT2D eigenvalue weighted by Crippen LogP contribution is -2.07. The van der Waals surface area contributed by atoms with E-state index in [9.17, 15) is 0 Å². The smallest absolute Gasteiger partial charge is 0.115 e. The van der Waals surface area contributed by atoms with Crippen molar-refractivity contribution < 1.29 is 0 Å². The van der Waals surface area contributed by atoms with E-state index in [1.165, 1.54) is 4.88 Å². The number of hydrogen-bond donors (Lipinski definition) is 2. The van der Waals surface area contributed by atoms with Crippen LogP contribution in [0.2, 0.25) is 5.02 Å². The molecule has 0 spiro atoms. The number of rotatable bonds is 4. The number of nitrogens with two attached hydrogens (primary N) is 1. The molecule has 0 aliphatic rings. The Bertz CT molecular complexity index is 580. The van der Waals surface area contributed by atoms with E-state index >= 15 is 0 Å². The largest absolute Gasteiger partial charge is 0.398 e. The number of nitrogens with zero attached hydrogens (tertiary/aromatic N) is 1. The van der Waals surface area contributed by atoms with Crippen LogP contribution >= 0.6 is 22.9 Å². The summed E-state index contributed by atoms with van der Waals surface area (Å²) in [6.07, 6.45) is 2.97. The molecule has 1 atom stereocenters. The van der Waals surface area contributed by atoms with Crippen LogP contribution in [-0.2, 0) is 6.42 Å². The molecule has 0 amide bonds. The number of nitrogen functional groups attached to an aromatic ring is 1. The van der Waals surface area contributed by atoms with Crippen molar-refractivity contribution in [1.29, 1.82) is 0 Å². The van der Waals surface area contributed by atoms with Gasteiger partial charge in [-0.15, -0.1) is 11.3 Å². The minimum atomic E-state index is 0.156. The van der Waals surface area contributed by atoms with Crippen LogP contribution in [0.5, 0.6) is 0 Å². The van der Waals surface area contributed by atoms with Crippen molar-refractivity contribution in [2.24, 2.45) is 0 Å². The summed E-state index contributed by atoms with van der Waals surface area (Å²) < 4.78 is 0. The van der Waals surface area contributed by atoms with E-state index in [0.29, 0.717) is 10.7 Å². The summed E-state index contributed by atoms with van der Waals surface area (Å²) in [6.45, 7) is 6.25. The van der Waals surface area contributed by atoms with E-state index < -0.39 is 0 Å². The molecule has 1 aromatic heterocycles. The summed E-state index contributed by atoms with van der Waals surface area (Å²) >= 11 is 7.81. The lowest BCUT2D eigenvalue weighted by molar-refractivity contribution is 0.867. The SMILES string of the molecule is CCc1cnc(C(C)Nc2cc(Cl)c(N)cc2C)s1. The topological polar surface area (TPSA) is 50.9 Å². The molecular formula is C14H18ClN3S. The van der Waals surface area contributed by atoms with Gasteiger partial charge in [0.2, 0.25) is 0 Å². The molecule has 0 saturated carbocycles. The number of halogens is 1. The van der Waals surface area contributed by atoms with E-state index in [2.05, 4.69) is 24.1 Å². The van der Waals surface area contributed by atoms with Gasteiger partial charge in [-0.3, -0.25) is 0 Å². The zero-order chi connectivity index (χ0) is 14.0. The van der Waals surface area contributed by atoms with Gasteiger partial charge in [-0.25, -0.2) is 4.98 Å². The van der Waals surface area contributed by atoms with Crippen LogP contribution < -0.4 is 11.1 Å². The molecule has 1 heterocycles.